The van der Waals surface area contributed by atoms with Gasteiger partial charge in [0.25, 0.3) is 0 Å². The third kappa shape index (κ3) is 10.5. The van der Waals surface area contributed by atoms with E-state index in [1.165, 1.54) is 0 Å². The third-order valence-corrected chi connectivity index (χ3v) is 4.09. The summed E-state index contributed by atoms with van der Waals surface area (Å²) in [6.45, 7) is 3.78. The molecule has 0 aromatic carbocycles. The van der Waals surface area contributed by atoms with Crippen molar-refractivity contribution >= 4 is 10.1 Å². The predicted octanol–water partition coefficient (Wildman–Crippen LogP) is -0.964. The molecule has 6 heteroatoms. The minimum Gasteiger partial charge on any atom is -0.748 e. The maximum absolute atomic E-state index is 10.9. The number of rotatable bonds is 9. The second kappa shape index (κ2) is 10.8. The summed E-state index contributed by atoms with van der Waals surface area (Å²) >= 11 is 0. The zero-order chi connectivity index (χ0) is 12.6. The molecule has 4 nitrogen and oxygen atoms in total. The van der Waals surface area contributed by atoms with Crippen molar-refractivity contribution < 1.29 is 47.6 Å². The minimum absolute atomic E-state index is 0. The standard InChI is InChI=1S/C11H24O4S.Na/c1-3-7-11(16(13,14)15)9-6-5-8-10(12)4-2;/h10-12H,3-9H2,1-2H3,(H,13,14,15);/q;+1/p-1. The van der Waals surface area contributed by atoms with Gasteiger partial charge in [-0.3, -0.25) is 0 Å². The summed E-state index contributed by atoms with van der Waals surface area (Å²) in [7, 11) is -4.15. The molecule has 1 N–H and O–H groups in total. The second-order valence-electron chi connectivity index (χ2n) is 4.25. The normalized spacial score (nSPS) is 15.1. The monoisotopic (exact) mass is 274 g/mol. The molecule has 2 unspecified atom stereocenters. The Hall–Kier alpha value is 0.870. The molecule has 0 aliphatic heterocycles. The van der Waals surface area contributed by atoms with Crippen LogP contribution in [-0.4, -0.2) is 29.4 Å². The quantitative estimate of drug-likeness (QED) is 0.333. The molecule has 0 aliphatic carbocycles. The van der Waals surface area contributed by atoms with Crippen LogP contribution < -0.4 is 29.6 Å². The van der Waals surface area contributed by atoms with Crippen LogP contribution >= 0.6 is 0 Å². The van der Waals surface area contributed by atoms with Gasteiger partial charge >= 0.3 is 29.6 Å². The van der Waals surface area contributed by atoms with Gasteiger partial charge in [-0.05, 0) is 25.7 Å². The van der Waals surface area contributed by atoms with Gasteiger partial charge < -0.3 is 9.66 Å². The summed E-state index contributed by atoms with van der Waals surface area (Å²) in [6.07, 6.45) is 4.18. The van der Waals surface area contributed by atoms with Gasteiger partial charge in [0.1, 0.15) is 0 Å². The Bertz CT molecular complexity index is 267. The Labute approximate surface area is 127 Å². The first kappa shape index (κ1) is 20.2. The zero-order valence-electron chi connectivity index (χ0n) is 11.2. The maximum atomic E-state index is 10.9. The van der Waals surface area contributed by atoms with Crippen molar-refractivity contribution in [2.24, 2.45) is 0 Å². The Morgan fingerprint density at radius 3 is 2.06 bits per heavy atom. The fraction of sp³-hybridized carbons (Fsp3) is 1.00. The molecule has 0 fully saturated rings. The fourth-order valence-corrected chi connectivity index (χ4v) is 2.69. The first-order valence-electron chi connectivity index (χ1n) is 6.04. The number of aliphatic hydroxyl groups is 1. The molecule has 0 radical (unpaired) electrons. The Kier molecular flexibility index (Phi) is 12.8. The summed E-state index contributed by atoms with van der Waals surface area (Å²) in [5.74, 6) is 0. The first-order chi connectivity index (χ1) is 7.41. The zero-order valence-corrected chi connectivity index (χ0v) is 14.0. The molecule has 0 rings (SSSR count). The van der Waals surface area contributed by atoms with Crippen molar-refractivity contribution in [1.29, 1.82) is 0 Å². The van der Waals surface area contributed by atoms with E-state index in [4.69, 9.17) is 0 Å². The van der Waals surface area contributed by atoms with Crippen LogP contribution in [0.5, 0.6) is 0 Å². The SMILES string of the molecule is CCCC(CCCCC(O)CC)S(=O)(=O)[O-].[Na+]. The largest absolute Gasteiger partial charge is 1.00 e. The fourth-order valence-electron chi connectivity index (χ4n) is 1.71. The van der Waals surface area contributed by atoms with E-state index in [1.807, 2.05) is 13.8 Å². The van der Waals surface area contributed by atoms with Crippen LogP contribution in [-0.2, 0) is 10.1 Å². The summed E-state index contributed by atoms with van der Waals surface area (Å²) < 4.78 is 32.7. The van der Waals surface area contributed by atoms with Crippen molar-refractivity contribution in [3.05, 3.63) is 0 Å². The molecule has 0 spiro atoms. The Morgan fingerprint density at radius 1 is 1.12 bits per heavy atom. The second-order valence-corrected chi connectivity index (χ2v) is 5.90. The molecule has 17 heavy (non-hydrogen) atoms. The van der Waals surface area contributed by atoms with Crippen molar-refractivity contribution in [3.8, 4) is 0 Å². The Balaban J connectivity index is 0. The minimum atomic E-state index is -4.15. The smallest absolute Gasteiger partial charge is 0.748 e. The summed E-state index contributed by atoms with van der Waals surface area (Å²) in [6, 6.07) is 0. The molecule has 0 aliphatic rings. The van der Waals surface area contributed by atoms with Gasteiger partial charge in [-0.1, -0.05) is 33.1 Å². The van der Waals surface area contributed by atoms with E-state index in [0.717, 1.165) is 12.8 Å². The van der Waals surface area contributed by atoms with Crippen LogP contribution in [0.1, 0.15) is 58.8 Å². The van der Waals surface area contributed by atoms with Crippen LogP contribution in [0.3, 0.4) is 0 Å². The maximum Gasteiger partial charge on any atom is 1.00 e. The molecule has 0 saturated carbocycles. The van der Waals surface area contributed by atoms with E-state index >= 15 is 0 Å². The van der Waals surface area contributed by atoms with Gasteiger partial charge in [-0.2, -0.15) is 0 Å². The van der Waals surface area contributed by atoms with E-state index in [9.17, 15) is 18.1 Å². The van der Waals surface area contributed by atoms with Gasteiger partial charge in [0, 0.05) is 5.25 Å². The molecule has 0 aromatic heterocycles. The summed E-state index contributed by atoms with van der Waals surface area (Å²) in [5, 5.41) is 8.57. The third-order valence-electron chi connectivity index (χ3n) is 2.80. The number of aliphatic hydroxyl groups excluding tert-OH is 1. The number of hydrogen-bond donors (Lipinski definition) is 1. The average molecular weight is 274 g/mol. The van der Waals surface area contributed by atoms with Crippen LogP contribution in [0, 0.1) is 0 Å². The van der Waals surface area contributed by atoms with Gasteiger partial charge in [-0.25, -0.2) is 8.42 Å². The van der Waals surface area contributed by atoms with E-state index in [1.54, 1.807) is 0 Å². The number of unbranched alkanes of at least 4 members (excludes halogenated alkanes) is 1. The molecule has 0 bridgehead atoms. The summed E-state index contributed by atoms with van der Waals surface area (Å²) in [5.41, 5.74) is 0. The molecule has 0 amide bonds. The average Bonchev–Trinajstić information content (AvgIpc) is 2.20. The molecule has 2 atom stereocenters. The van der Waals surface area contributed by atoms with E-state index in [2.05, 4.69) is 0 Å². The van der Waals surface area contributed by atoms with E-state index < -0.39 is 15.4 Å². The van der Waals surface area contributed by atoms with Gasteiger partial charge in [0.2, 0.25) is 0 Å². The van der Waals surface area contributed by atoms with Crippen molar-refractivity contribution in [3.63, 3.8) is 0 Å². The van der Waals surface area contributed by atoms with Crippen LogP contribution in [0.4, 0.5) is 0 Å². The van der Waals surface area contributed by atoms with Crippen LogP contribution in [0.2, 0.25) is 0 Å². The topological polar surface area (TPSA) is 77.4 Å². The molecule has 0 saturated heterocycles. The van der Waals surface area contributed by atoms with Crippen molar-refractivity contribution in [1.82, 2.24) is 0 Å². The summed E-state index contributed by atoms with van der Waals surface area (Å²) in [4.78, 5) is 0. The van der Waals surface area contributed by atoms with Crippen molar-refractivity contribution in [2.75, 3.05) is 0 Å². The number of hydrogen-bond acceptors (Lipinski definition) is 4. The predicted molar refractivity (Wildman–Crippen MR) is 63.2 cm³/mol. The van der Waals surface area contributed by atoms with E-state index in [0.29, 0.717) is 32.1 Å². The van der Waals surface area contributed by atoms with Crippen LogP contribution in [0.25, 0.3) is 0 Å². The Morgan fingerprint density at radius 2 is 1.65 bits per heavy atom. The van der Waals surface area contributed by atoms with Gasteiger partial charge in [0.15, 0.2) is 0 Å². The van der Waals surface area contributed by atoms with Crippen molar-refractivity contribution in [2.45, 2.75) is 70.1 Å². The molecule has 0 aromatic rings. The molecule has 0 heterocycles. The van der Waals surface area contributed by atoms with Gasteiger partial charge in [-0.15, -0.1) is 0 Å². The van der Waals surface area contributed by atoms with Crippen LogP contribution in [0.15, 0.2) is 0 Å². The first-order valence-corrected chi connectivity index (χ1v) is 7.51. The molecular weight excluding hydrogens is 251 g/mol. The van der Waals surface area contributed by atoms with E-state index in [-0.39, 0.29) is 35.7 Å². The molecule has 98 valence electrons. The van der Waals surface area contributed by atoms with Gasteiger partial charge in [0.05, 0.1) is 16.2 Å². The molecular formula is C11H23NaO4S.